The van der Waals surface area contributed by atoms with E-state index < -0.39 is 23.7 Å². The van der Waals surface area contributed by atoms with Crippen LogP contribution in [-0.2, 0) is 10.2 Å². The highest BCUT2D eigenvalue weighted by atomic mass is 16.6. The van der Waals surface area contributed by atoms with Crippen LogP contribution in [0.15, 0.2) is 66.7 Å². The summed E-state index contributed by atoms with van der Waals surface area (Å²) in [4.78, 5) is 37.8. The van der Waals surface area contributed by atoms with Gasteiger partial charge in [0.2, 0.25) is 0 Å². The average molecular weight is 527 g/mol. The lowest BCUT2D eigenvalue weighted by Crippen LogP contribution is -2.48. The standard InChI is InChI=1S/C32H30O7/c1-37-28-10-7-23(14-26(28)32-16-19-11-20(17-32)13-21(12-19)18-32)30(35)38-24-8-9-25(27(33)15-24)31(36)39-29(34)22-5-3-2-4-6-22/h2-10,14-15,19-21,33H,11-13,16-18H2,1H3. The van der Waals surface area contributed by atoms with Crippen molar-refractivity contribution < 1.29 is 33.7 Å². The van der Waals surface area contributed by atoms with Gasteiger partial charge in [0.25, 0.3) is 0 Å². The highest BCUT2D eigenvalue weighted by Crippen LogP contribution is 2.62. The van der Waals surface area contributed by atoms with Crippen LogP contribution in [0.2, 0.25) is 0 Å². The Kier molecular flexibility index (Phi) is 6.37. The molecule has 0 aromatic heterocycles. The molecular formula is C32H30O7. The highest BCUT2D eigenvalue weighted by molar-refractivity contribution is 6.04. The smallest absolute Gasteiger partial charge is 0.349 e. The second kappa shape index (κ2) is 9.88. The van der Waals surface area contributed by atoms with Gasteiger partial charge in [0.15, 0.2) is 0 Å². The van der Waals surface area contributed by atoms with E-state index in [1.54, 1.807) is 31.4 Å². The first-order valence-electron chi connectivity index (χ1n) is 13.4. The molecule has 0 atom stereocenters. The van der Waals surface area contributed by atoms with E-state index in [-0.39, 0.29) is 22.3 Å². The van der Waals surface area contributed by atoms with Crippen molar-refractivity contribution in [1.29, 1.82) is 0 Å². The zero-order valence-corrected chi connectivity index (χ0v) is 21.7. The average Bonchev–Trinajstić information content (AvgIpc) is 2.92. The molecule has 1 N–H and O–H groups in total. The van der Waals surface area contributed by atoms with Crippen molar-refractivity contribution in [3.63, 3.8) is 0 Å². The summed E-state index contributed by atoms with van der Waals surface area (Å²) < 4.78 is 16.2. The first-order chi connectivity index (χ1) is 18.8. The van der Waals surface area contributed by atoms with Crippen molar-refractivity contribution in [3.8, 4) is 17.2 Å². The lowest BCUT2D eigenvalue weighted by Gasteiger charge is -2.57. The molecule has 4 saturated carbocycles. The molecule has 3 aromatic carbocycles. The molecule has 4 aliphatic rings. The van der Waals surface area contributed by atoms with E-state index in [9.17, 15) is 19.5 Å². The molecule has 7 rings (SSSR count). The fourth-order valence-electron chi connectivity index (χ4n) is 7.38. The first kappa shape index (κ1) is 25.2. The molecule has 39 heavy (non-hydrogen) atoms. The van der Waals surface area contributed by atoms with Gasteiger partial charge >= 0.3 is 17.9 Å². The summed E-state index contributed by atoms with van der Waals surface area (Å²) in [7, 11) is 1.67. The maximum absolute atomic E-state index is 13.1. The third kappa shape index (κ3) is 4.78. The largest absolute Gasteiger partial charge is 0.507 e. The number of benzene rings is 3. The monoisotopic (exact) mass is 526 g/mol. The third-order valence-electron chi connectivity index (χ3n) is 8.64. The van der Waals surface area contributed by atoms with Crippen molar-refractivity contribution in [1.82, 2.24) is 0 Å². The number of carbonyl (C=O) groups is 3. The second-order valence-electron chi connectivity index (χ2n) is 11.2. The number of phenols is 1. The quantitative estimate of drug-likeness (QED) is 0.236. The summed E-state index contributed by atoms with van der Waals surface area (Å²) in [6, 6.07) is 17.3. The van der Waals surface area contributed by atoms with Gasteiger partial charge in [0, 0.05) is 11.6 Å². The van der Waals surface area contributed by atoms with Gasteiger partial charge in [0.05, 0.1) is 18.2 Å². The van der Waals surface area contributed by atoms with Gasteiger partial charge in [-0.25, -0.2) is 14.4 Å². The fourth-order valence-corrected chi connectivity index (χ4v) is 7.38. The maximum Gasteiger partial charge on any atom is 0.349 e. The van der Waals surface area contributed by atoms with Gasteiger partial charge < -0.3 is 19.3 Å². The van der Waals surface area contributed by atoms with Gasteiger partial charge in [0.1, 0.15) is 22.8 Å². The van der Waals surface area contributed by atoms with Gasteiger partial charge in [-0.15, -0.1) is 0 Å². The van der Waals surface area contributed by atoms with Crippen LogP contribution in [0, 0.1) is 17.8 Å². The Morgan fingerprint density at radius 2 is 1.44 bits per heavy atom. The van der Waals surface area contributed by atoms with Crippen molar-refractivity contribution >= 4 is 17.9 Å². The number of rotatable bonds is 6. The summed E-state index contributed by atoms with van der Waals surface area (Å²) in [6.07, 6.45) is 7.34. The molecule has 200 valence electrons. The van der Waals surface area contributed by atoms with Gasteiger partial charge in [-0.2, -0.15) is 0 Å². The molecule has 0 aliphatic heterocycles. The van der Waals surface area contributed by atoms with Crippen molar-refractivity contribution in [2.24, 2.45) is 17.8 Å². The number of phenolic OH excluding ortho intramolecular Hbond substituents is 1. The molecule has 0 heterocycles. The van der Waals surface area contributed by atoms with Crippen LogP contribution < -0.4 is 9.47 Å². The second-order valence-corrected chi connectivity index (χ2v) is 11.2. The van der Waals surface area contributed by atoms with Crippen LogP contribution in [0.3, 0.4) is 0 Å². The van der Waals surface area contributed by atoms with E-state index in [4.69, 9.17) is 14.2 Å². The molecular weight excluding hydrogens is 496 g/mol. The van der Waals surface area contributed by atoms with E-state index in [0.29, 0.717) is 5.56 Å². The summed E-state index contributed by atoms with van der Waals surface area (Å²) >= 11 is 0. The molecule has 0 spiro atoms. The first-order valence-corrected chi connectivity index (χ1v) is 13.4. The normalized spacial score (nSPS) is 24.7. The number of hydrogen-bond acceptors (Lipinski definition) is 7. The maximum atomic E-state index is 13.1. The van der Waals surface area contributed by atoms with Gasteiger partial charge in [-0.3, -0.25) is 0 Å². The Labute approximate surface area is 226 Å². The number of carbonyl (C=O) groups excluding carboxylic acids is 3. The van der Waals surface area contributed by atoms with Crippen LogP contribution in [-0.4, -0.2) is 30.1 Å². The predicted octanol–water partition coefficient (Wildman–Crippen LogP) is 6.09. The fraction of sp³-hybridized carbons (Fsp3) is 0.344. The van der Waals surface area contributed by atoms with Crippen LogP contribution in [0.25, 0.3) is 0 Å². The molecule has 0 radical (unpaired) electrons. The lowest BCUT2D eigenvalue weighted by atomic mass is 9.48. The van der Waals surface area contributed by atoms with Crippen molar-refractivity contribution in [2.75, 3.05) is 7.11 Å². The summed E-state index contributed by atoms with van der Waals surface area (Å²) in [5, 5.41) is 10.4. The van der Waals surface area contributed by atoms with Crippen LogP contribution in [0.5, 0.6) is 17.2 Å². The highest BCUT2D eigenvalue weighted by Gasteiger charge is 2.52. The van der Waals surface area contributed by atoms with E-state index in [0.717, 1.165) is 54.4 Å². The molecule has 4 bridgehead atoms. The SMILES string of the molecule is COc1ccc(C(=O)Oc2ccc(C(=O)OC(=O)c3ccccc3)c(O)c2)cc1C12CC3CC(CC(C3)C1)C2. The molecule has 0 unspecified atom stereocenters. The number of methoxy groups -OCH3 is 1. The van der Waals surface area contributed by atoms with Crippen molar-refractivity contribution in [2.45, 2.75) is 43.9 Å². The Morgan fingerprint density at radius 1 is 0.769 bits per heavy atom. The molecule has 7 heteroatoms. The third-order valence-corrected chi connectivity index (χ3v) is 8.64. The predicted molar refractivity (Wildman–Crippen MR) is 142 cm³/mol. The molecule has 7 nitrogen and oxygen atoms in total. The van der Waals surface area contributed by atoms with Crippen LogP contribution >= 0.6 is 0 Å². The van der Waals surface area contributed by atoms with E-state index in [1.165, 1.54) is 43.5 Å². The zero-order chi connectivity index (χ0) is 27.1. The number of ether oxygens (including phenoxy) is 3. The zero-order valence-electron chi connectivity index (χ0n) is 21.7. The summed E-state index contributed by atoms with van der Waals surface area (Å²) in [5.41, 5.74) is 1.52. The Balaban J connectivity index is 1.19. The van der Waals surface area contributed by atoms with E-state index in [1.807, 2.05) is 12.1 Å². The van der Waals surface area contributed by atoms with Crippen LogP contribution in [0.4, 0.5) is 0 Å². The van der Waals surface area contributed by atoms with Crippen molar-refractivity contribution in [3.05, 3.63) is 89.0 Å². The van der Waals surface area contributed by atoms with E-state index >= 15 is 0 Å². The van der Waals surface area contributed by atoms with Gasteiger partial charge in [-0.05, 0) is 104 Å². The summed E-state index contributed by atoms with van der Waals surface area (Å²) in [6.45, 7) is 0. The Bertz CT molecular complexity index is 1410. The number of esters is 3. The Hall–Kier alpha value is -4.13. The Morgan fingerprint density at radius 3 is 2.05 bits per heavy atom. The van der Waals surface area contributed by atoms with Gasteiger partial charge in [-0.1, -0.05) is 18.2 Å². The minimum Gasteiger partial charge on any atom is -0.507 e. The molecule has 3 aromatic rings. The summed E-state index contributed by atoms with van der Waals surface area (Å²) in [5.74, 6) is 0.232. The van der Waals surface area contributed by atoms with Crippen LogP contribution in [0.1, 0.15) is 75.2 Å². The topological polar surface area (TPSA) is 99.1 Å². The van der Waals surface area contributed by atoms with E-state index in [2.05, 4.69) is 0 Å². The molecule has 4 aliphatic carbocycles. The molecule has 4 fully saturated rings. The number of hydrogen-bond donors (Lipinski definition) is 1. The molecule has 0 saturated heterocycles. The number of aromatic hydroxyl groups is 1. The molecule has 0 amide bonds. The minimum atomic E-state index is -1.01. The lowest BCUT2D eigenvalue weighted by molar-refractivity contribution is -0.00619. The minimum absolute atomic E-state index is 0.0356.